The van der Waals surface area contributed by atoms with Crippen molar-refractivity contribution in [1.29, 1.82) is 0 Å². The van der Waals surface area contributed by atoms with Gasteiger partial charge in [0.15, 0.2) is 0 Å². The Kier molecular flexibility index (Phi) is 3.99. The van der Waals surface area contributed by atoms with Crippen molar-refractivity contribution in [1.82, 2.24) is 10.2 Å². The number of methoxy groups -OCH3 is 1. The number of hydrogen-bond acceptors (Lipinski definition) is 3. The van der Waals surface area contributed by atoms with Crippen LogP contribution in [0.15, 0.2) is 0 Å². The van der Waals surface area contributed by atoms with E-state index in [0.717, 1.165) is 19.3 Å². The first kappa shape index (κ1) is 14.1. The van der Waals surface area contributed by atoms with Crippen molar-refractivity contribution in [3.63, 3.8) is 0 Å². The molecule has 6 nitrogen and oxygen atoms in total. The van der Waals surface area contributed by atoms with Crippen molar-refractivity contribution in [2.24, 2.45) is 0 Å². The lowest BCUT2D eigenvalue weighted by molar-refractivity contribution is -0.148. The first-order chi connectivity index (χ1) is 9.03. The maximum absolute atomic E-state index is 12.2. The second-order valence-corrected chi connectivity index (χ2v) is 5.42. The Morgan fingerprint density at radius 2 is 2.16 bits per heavy atom. The van der Waals surface area contributed by atoms with Gasteiger partial charge in [0, 0.05) is 19.7 Å². The van der Waals surface area contributed by atoms with Gasteiger partial charge in [-0.15, -0.1) is 0 Å². The second-order valence-electron chi connectivity index (χ2n) is 5.42. The fraction of sp³-hybridized carbons (Fsp3) is 0.846. The van der Waals surface area contributed by atoms with Crippen molar-refractivity contribution in [2.75, 3.05) is 13.7 Å². The molecule has 2 fully saturated rings. The molecule has 1 saturated heterocycles. The zero-order valence-electron chi connectivity index (χ0n) is 11.5. The summed E-state index contributed by atoms with van der Waals surface area (Å²) >= 11 is 0. The molecule has 1 saturated carbocycles. The van der Waals surface area contributed by atoms with Crippen LogP contribution in [0.5, 0.6) is 0 Å². The van der Waals surface area contributed by atoms with E-state index in [1.807, 2.05) is 6.92 Å². The van der Waals surface area contributed by atoms with Crippen LogP contribution in [0.3, 0.4) is 0 Å². The van der Waals surface area contributed by atoms with Crippen molar-refractivity contribution in [2.45, 2.75) is 56.7 Å². The third-order valence-electron chi connectivity index (χ3n) is 4.47. The summed E-state index contributed by atoms with van der Waals surface area (Å²) in [6, 6.07) is -0.136. The molecule has 1 aliphatic carbocycles. The van der Waals surface area contributed by atoms with Crippen molar-refractivity contribution in [3.05, 3.63) is 0 Å². The van der Waals surface area contributed by atoms with E-state index in [1.165, 1.54) is 4.90 Å². The topological polar surface area (TPSA) is 78.9 Å². The normalized spacial score (nSPS) is 33.9. The van der Waals surface area contributed by atoms with Gasteiger partial charge in [0.05, 0.1) is 6.10 Å². The Bertz CT molecular complexity index is 368. The van der Waals surface area contributed by atoms with E-state index in [4.69, 9.17) is 4.74 Å². The van der Waals surface area contributed by atoms with Gasteiger partial charge in [0.2, 0.25) is 0 Å². The predicted octanol–water partition coefficient (Wildman–Crippen LogP) is 1.20. The number of carbonyl (C=O) groups excluding carboxylic acids is 1. The number of nitrogens with one attached hydrogen (secondary N) is 1. The van der Waals surface area contributed by atoms with Gasteiger partial charge in [0.1, 0.15) is 5.54 Å². The lowest BCUT2D eigenvalue weighted by atomic mass is 9.89. The van der Waals surface area contributed by atoms with E-state index in [-0.39, 0.29) is 18.2 Å². The van der Waals surface area contributed by atoms with Gasteiger partial charge < -0.3 is 20.1 Å². The number of ether oxygens (including phenoxy) is 1. The highest BCUT2D eigenvalue weighted by molar-refractivity contribution is 5.87. The number of carboxylic acid groups (broad SMARTS) is 1. The Morgan fingerprint density at radius 3 is 2.68 bits per heavy atom. The van der Waals surface area contributed by atoms with Crippen LogP contribution >= 0.6 is 0 Å². The van der Waals surface area contributed by atoms with Crippen molar-refractivity contribution < 1.29 is 19.4 Å². The minimum atomic E-state index is -1.02. The zero-order valence-corrected chi connectivity index (χ0v) is 11.5. The van der Waals surface area contributed by atoms with Gasteiger partial charge in [-0.1, -0.05) is 6.92 Å². The molecule has 1 unspecified atom stereocenters. The van der Waals surface area contributed by atoms with Crippen LogP contribution in [-0.2, 0) is 9.53 Å². The fourth-order valence-electron chi connectivity index (χ4n) is 3.04. The first-order valence-corrected chi connectivity index (χ1v) is 6.88. The van der Waals surface area contributed by atoms with Crippen molar-refractivity contribution >= 4 is 12.0 Å². The number of carboxylic acids is 1. The van der Waals surface area contributed by atoms with Crippen molar-refractivity contribution in [3.8, 4) is 0 Å². The smallest absolute Gasteiger partial charge is 0.329 e. The average Bonchev–Trinajstić information content (AvgIpc) is 2.77. The van der Waals surface area contributed by atoms with Gasteiger partial charge in [0.25, 0.3) is 0 Å². The molecule has 2 rings (SSSR count). The monoisotopic (exact) mass is 270 g/mol. The highest BCUT2D eigenvalue weighted by Crippen LogP contribution is 2.33. The maximum Gasteiger partial charge on any atom is 0.329 e. The molecule has 2 aliphatic rings. The minimum Gasteiger partial charge on any atom is -0.479 e. The largest absolute Gasteiger partial charge is 0.479 e. The summed E-state index contributed by atoms with van der Waals surface area (Å²) in [5.41, 5.74) is -1.02. The third-order valence-corrected chi connectivity index (χ3v) is 4.47. The molecule has 2 amide bonds. The van der Waals surface area contributed by atoms with Gasteiger partial charge in [-0.2, -0.15) is 0 Å². The maximum atomic E-state index is 12.2. The Labute approximate surface area is 113 Å². The van der Waals surface area contributed by atoms with Gasteiger partial charge in [-0.3, -0.25) is 0 Å². The Hall–Kier alpha value is -1.30. The summed E-state index contributed by atoms with van der Waals surface area (Å²) in [6.07, 6.45) is 3.57. The van der Waals surface area contributed by atoms with Crippen LogP contribution in [-0.4, -0.2) is 53.3 Å². The third kappa shape index (κ3) is 2.41. The number of amides is 2. The van der Waals surface area contributed by atoms with Gasteiger partial charge in [-0.05, 0) is 32.1 Å². The quantitative estimate of drug-likeness (QED) is 0.804. The average molecular weight is 270 g/mol. The summed E-state index contributed by atoms with van der Waals surface area (Å²) < 4.78 is 5.16. The highest BCUT2D eigenvalue weighted by atomic mass is 16.5. The molecule has 0 radical (unpaired) electrons. The molecule has 1 atom stereocenters. The number of carbonyl (C=O) groups is 2. The molecule has 19 heavy (non-hydrogen) atoms. The lowest BCUT2D eigenvalue weighted by Gasteiger charge is -2.39. The number of rotatable bonds is 4. The second kappa shape index (κ2) is 5.36. The lowest BCUT2D eigenvalue weighted by Crippen LogP contribution is -2.59. The molecule has 6 heteroatoms. The Morgan fingerprint density at radius 1 is 1.47 bits per heavy atom. The zero-order chi connectivity index (χ0) is 14.0. The van der Waals surface area contributed by atoms with Crippen LogP contribution in [0.1, 0.15) is 39.0 Å². The van der Waals surface area contributed by atoms with Crippen LogP contribution in [0.25, 0.3) is 0 Å². The minimum absolute atomic E-state index is 0.112. The summed E-state index contributed by atoms with van der Waals surface area (Å²) in [7, 11) is 1.66. The number of likely N-dealkylation sites (tertiary alicyclic amines) is 1. The summed E-state index contributed by atoms with van der Waals surface area (Å²) in [4.78, 5) is 25.2. The molecule has 0 spiro atoms. The molecule has 1 heterocycles. The Balaban J connectivity index is 1.96. The molecule has 0 aromatic heterocycles. The summed E-state index contributed by atoms with van der Waals surface area (Å²) in [5.74, 6) is -0.897. The van der Waals surface area contributed by atoms with Crippen LogP contribution in [0.4, 0.5) is 4.79 Å². The highest BCUT2D eigenvalue weighted by Gasteiger charge is 2.49. The first-order valence-electron chi connectivity index (χ1n) is 6.88. The number of aliphatic carboxylic acids is 1. The molecular formula is C13H22N2O4. The molecule has 1 aliphatic heterocycles. The number of urea groups is 1. The van der Waals surface area contributed by atoms with Gasteiger partial charge >= 0.3 is 12.0 Å². The van der Waals surface area contributed by atoms with E-state index in [1.54, 1.807) is 7.11 Å². The molecular weight excluding hydrogens is 248 g/mol. The van der Waals surface area contributed by atoms with Crippen LogP contribution in [0.2, 0.25) is 0 Å². The molecule has 108 valence electrons. The van der Waals surface area contributed by atoms with Crippen LogP contribution in [0, 0.1) is 0 Å². The predicted molar refractivity (Wildman–Crippen MR) is 68.9 cm³/mol. The molecule has 0 aromatic rings. The number of hydrogen-bond donors (Lipinski definition) is 2. The van der Waals surface area contributed by atoms with E-state index in [2.05, 4.69) is 5.32 Å². The summed E-state index contributed by atoms with van der Waals surface area (Å²) in [6.45, 7) is 2.34. The van der Waals surface area contributed by atoms with E-state index < -0.39 is 11.5 Å². The molecule has 2 N–H and O–H groups in total. The van der Waals surface area contributed by atoms with Gasteiger partial charge in [-0.25, -0.2) is 9.59 Å². The number of nitrogens with zero attached hydrogens (tertiary/aromatic N) is 1. The van der Waals surface area contributed by atoms with Crippen LogP contribution < -0.4 is 5.32 Å². The SMILES string of the molecule is CCC1(C(=O)O)CCCN1C(=O)NC1CC(OC)C1. The van der Waals surface area contributed by atoms with E-state index in [0.29, 0.717) is 19.4 Å². The fourth-order valence-corrected chi connectivity index (χ4v) is 3.04. The molecule has 0 bridgehead atoms. The van der Waals surface area contributed by atoms with E-state index >= 15 is 0 Å². The standard InChI is InChI=1S/C13H22N2O4/c1-3-13(11(16)17)5-4-6-15(13)12(18)14-9-7-10(8-9)19-2/h9-10H,3-8H2,1-2H3,(H,14,18)(H,16,17). The summed E-state index contributed by atoms with van der Waals surface area (Å²) in [5, 5.41) is 12.3. The van der Waals surface area contributed by atoms with E-state index in [9.17, 15) is 14.7 Å². The molecule has 0 aromatic carbocycles.